The minimum absolute atomic E-state index is 0.156. The van der Waals surface area contributed by atoms with Crippen LogP contribution in [0.4, 0.5) is 11.5 Å². The van der Waals surface area contributed by atoms with Crippen molar-refractivity contribution in [3.05, 3.63) is 41.7 Å². The van der Waals surface area contributed by atoms with Crippen LogP contribution >= 0.6 is 0 Å². The highest BCUT2D eigenvalue weighted by molar-refractivity contribution is 5.95. The van der Waals surface area contributed by atoms with Gasteiger partial charge in [0.25, 0.3) is 5.91 Å². The molecule has 29 heavy (non-hydrogen) atoms. The Hall–Kier alpha value is -3.20. The van der Waals surface area contributed by atoms with Crippen LogP contribution in [0.15, 0.2) is 30.3 Å². The van der Waals surface area contributed by atoms with E-state index in [1.165, 1.54) is 6.92 Å². The maximum atomic E-state index is 12.2. The summed E-state index contributed by atoms with van der Waals surface area (Å²) in [4.78, 5) is 34.1. The first kappa shape index (κ1) is 20.5. The predicted octanol–water partition coefficient (Wildman–Crippen LogP) is 1.39. The van der Waals surface area contributed by atoms with Gasteiger partial charge in [0.15, 0.2) is 0 Å². The van der Waals surface area contributed by atoms with E-state index in [-0.39, 0.29) is 18.4 Å². The van der Waals surface area contributed by atoms with Crippen molar-refractivity contribution in [3.8, 4) is 5.88 Å². The molecule has 2 heterocycles. The van der Waals surface area contributed by atoms with Crippen LogP contribution < -0.4 is 20.3 Å². The van der Waals surface area contributed by atoms with Crippen LogP contribution in [0.5, 0.6) is 5.88 Å². The maximum absolute atomic E-state index is 12.2. The first-order chi connectivity index (χ1) is 14.0. The standard InChI is InChI=1S/C20H25N5O4/c1-14-22-18(25-8-11-28-12-9-25)13-19(23-14)29-10-7-21-20(27)16-3-5-17(6-4-16)24-15(2)26/h3-6,13H,7-12H2,1-2H3,(H,21,27)(H,24,26). The van der Waals surface area contributed by atoms with Gasteiger partial charge >= 0.3 is 0 Å². The molecule has 2 amide bonds. The van der Waals surface area contributed by atoms with Crippen LogP contribution in [-0.2, 0) is 9.53 Å². The van der Waals surface area contributed by atoms with E-state index in [1.54, 1.807) is 30.3 Å². The summed E-state index contributed by atoms with van der Waals surface area (Å²) in [6.45, 7) is 6.80. The second-order valence-corrected chi connectivity index (χ2v) is 6.57. The fraction of sp³-hybridized carbons (Fsp3) is 0.400. The quantitative estimate of drug-likeness (QED) is 0.678. The van der Waals surface area contributed by atoms with Crippen molar-refractivity contribution < 1.29 is 19.1 Å². The molecule has 1 aliphatic heterocycles. The monoisotopic (exact) mass is 399 g/mol. The number of hydrogen-bond acceptors (Lipinski definition) is 7. The largest absolute Gasteiger partial charge is 0.476 e. The summed E-state index contributed by atoms with van der Waals surface area (Å²) in [6, 6.07) is 8.49. The van der Waals surface area contributed by atoms with Gasteiger partial charge in [0.1, 0.15) is 18.2 Å². The number of aromatic nitrogens is 2. The number of nitrogens with one attached hydrogen (secondary N) is 2. The molecular formula is C20H25N5O4. The Bertz CT molecular complexity index is 850. The maximum Gasteiger partial charge on any atom is 0.251 e. The molecule has 154 valence electrons. The molecule has 0 radical (unpaired) electrons. The predicted molar refractivity (Wildman–Crippen MR) is 108 cm³/mol. The number of ether oxygens (including phenoxy) is 2. The van der Waals surface area contributed by atoms with Crippen LogP contribution in [-0.4, -0.2) is 61.2 Å². The van der Waals surface area contributed by atoms with E-state index in [1.807, 2.05) is 6.92 Å². The molecule has 2 N–H and O–H groups in total. The number of nitrogens with zero attached hydrogens (tertiary/aromatic N) is 3. The van der Waals surface area contributed by atoms with E-state index in [0.717, 1.165) is 18.9 Å². The summed E-state index contributed by atoms with van der Waals surface area (Å²) in [5, 5.41) is 5.46. The number of hydrogen-bond donors (Lipinski definition) is 2. The SMILES string of the molecule is CC(=O)Nc1ccc(C(=O)NCCOc2cc(N3CCOCC3)nc(C)n2)cc1. The molecule has 1 aromatic heterocycles. The molecule has 1 aromatic carbocycles. The van der Waals surface area contributed by atoms with Crippen LogP contribution in [0.3, 0.4) is 0 Å². The summed E-state index contributed by atoms with van der Waals surface area (Å²) in [6.07, 6.45) is 0. The van der Waals surface area contributed by atoms with Gasteiger partial charge < -0.3 is 25.0 Å². The van der Waals surface area contributed by atoms with Crippen LogP contribution in [0.1, 0.15) is 23.1 Å². The van der Waals surface area contributed by atoms with Gasteiger partial charge in [-0.05, 0) is 31.2 Å². The molecule has 3 rings (SSSR count). The number of benzene rings is 1. The Kier molecular flexibility index (Phi) is 6.96. The number of carbonyl (C=O) groups excluding carboxylic acids is 2. The van der Waals surface area contributed by atoms with Gasteiger partial charge in [0.05, 0.1) is 19.8 Å². The topological polar surface area (TPSA) is 106 Å². The smallest absolute Gasteiger partial charge is 0.251 e. The first-order valence-corrected chi connectivity index (χ1v) is 9.48. The summed E-state index contributed by atoms with van der Waals surface area (Å²) >= 11 is 0. The number of aryl methyl sites for hydroxylation is 1. The lowest BCUT2D eigenvalue weighted by atomic mass is 10.2. The van der Waals surface area contributed by atoms with E-state index in [0.29, 0.717) is 42.7 Å². The minimum atomic E-state index is -0.212. The summed E-state index contributed by atoms with van der Waals surface area (Å²) in [5.74, 6) is 1.56. The van der Waals surface area contributed by atoms with E-state index in [9.17, 15) is 9.59 Å². The van der Waals surface area contributed by atoms with Crippen molar-refractivity contribution in [2.24, 2.45) is 0 Å². The van der Waals surface area contributed by atoms with Gasteiger partial charge in [0, 0.05) is 37.3 Å². The zero-order valence-corrected chi connectivity index (χ0v) is 16.6. The van der Waals surface area contributed by atoms with Gasteiger partial charge in [-0.15, -0.1) is 0 Å². The second-order valence-electron chi connectivity index (χ2n) is 6.57. The third kappa shape index (κ3) is 6.15. The molecule has 0 aliphatic carbocycles. The lowest BCUT2D eigenvalue weighted by Crippen LogP contribution is -2.37. The van der Waals surface area contributed by atoms with Crippen molar-refractivity contribution >= 4 is 23.3 Å². The Balaban J connectivity index is 1.48. The number of carbonyl (C=O) groups is 2. The van der Waals surface area contributed by atoms with Crippen LogP contribution in [0.25, 0.3) is 0 Å². The van der Waals surface area contributed by atoms with Crippen molar-refractivity contribution in [2.75, 3.05) is 49.7 Å². The Morgan fingerprint density at radius 3 is 2.59 bits per heavy atom. The summed E-state index contributed by atoms with van der Waals surface area (Å²) in [7, 11) is 0. The van der Waals surface area contributed by atoms with Gasteiger partial charge in [-0.3, -0.25) is 9.59 Å². The molecule has 0 saturated carbocycles. The van der Waals surface area contributed by atoms with E-state index in [4.69, 9.17) is 9.47 Å². The van der Waals surface area contributed by atoms with Crippen LogP contribution in [0, 0.1) is 6.92 Å². The number of anilines is 2. The number of morpholine rings is 1. The summed E-state index contributed by atoms with van der Waals surface area (Å²) < 4.78 is 11.1. The fourth-order valence-corrected chi connectivity index (χ4v) is 2.88. The van der Waals surface area contributed by atoms with Crippen molar-refractivity contribution in [1.29, 1.82) is 0 Å². The Morgan fingerprint density at radius 2 is 1.90 bits per heavy atom. The highest BCUT2D eigenvalue weighted by Crippen LogP contribution is 2.18. The van der Waals surface area contributed by atoms with Gasteiger partial charge in [-0.2, -0.15) is 4.98 Å². The zero-order valence-electron chi connectivity index (χ0n) is 16.6. The van der Waals surface area contributed by atoms with Crippen molar-refractivity contribution in [3.63, 3.8) is 0 Å². The van der Waals surface area contributed by atoms with E-state index in [2.05, 4.69) is 25.5 Å². The molecule has 9 nitrogen and oxygen atoms in total. The molecule has 0 bridgehead atoms. The molecule has 0 unspecified atom stereocenters. The average Bonchev–Trinajstić information content (AvgIpc) is 2.71. The van der Waals surface area contributed by atoms with Gasteiger partial charge in [-0.25, -0.2) is 4.98 Å². The molecule has 1 fully saturated rings. The second kappa shape index (κ2) is 9.83. The number of rotatable bonds is 7. The molecule has 0 atom stereocenters. The highest BCUT2D eigenvalue weighted by Gasteiger charge is 2.14. The molecule has 9 heteroatoms. The fourth-order valence-electron chi connectivity index (χ4n) is 2.88. The van der Waals surface area contributed by atoms with Crippen LogP contribution in [0.2, 0.25) is 0 Å². The molecular weight excluding hydrogens is 374 g/mol. The van der Waals surface area contributed by atoms with E-state index < -0.39 is 0 Å². The molecule has 1 saturated heterocycles. The molecule has 2 aromatic rings. The third-order valence-corrected chi connectivity index (χ3v) is 4.24. The first-order valence-electron chi connectivity index (χ1n) is 9.48. The van der Waals surface area contributed by atoms with Gasteiger partial charge in [-0.1, -0.05) is 0 Å². The Labute approximate surface area is 169 Å². The van der Waals surface area contributed by atoms with Crippen molar-refractivity contribution in [1.82, 2.24) is 15.3 Å². The Morgan fingerprint density at radius 1 is 1.17 bits per heavy atom. The van der Waals surface area contributed by atoms with Gasteiger partial charge in [0.2, 0.25) is 11.8 Å². The lowest BCUT2D eigenvalue weighted by molar-refractivity contribution is -0.114. The highest BCUT2D eigenvalue weighted by atomic mass is 16.5. The molecule has 0 spiro atoms. The number of amides is 2. The lowest BCUT2D eigenvalue weighted by Gasteiger charge is -2.28. The average molecular weight is 399 g/mol. The normalized spacial score (nSPS) is 13.7. The van der Waals surface area contributed by atoms with E-state index >= 15 is 0 Å². The minimum Gasteiger partial charge on any atom is -0.476 e. The van der Waals surface area contributed by atoms with Crippen molar-refractivity contribution in [2.45, 2.75) is 13.8 Å². The summed E-state index contributed by atoms with van der Waals surface area (Å²) in [5.41, 5.74) is 1.15. The zero-order chi connectivity index (χ0) is 20.6. The third-order valence-electron chi connectivity index (χ3n) is 4.24. The molecule has 1 aliphatic rings.